The SMILES string of the molecule is Cc1nc(COc2cccc(C(=O)N3CCn4cccc4C3c3ccccc3)c2)cs1. The summed E-state index contributed by atoms with van der Waals surface area (Å²) in [6.45, 7) is 3.82. The number of carbonyl (C=O) groups is 1. The number of hydrogen-bond donors (Lipinski definition) is 0. The second-order valence-electron chi connectivity index (χ2n) is 7.61. The Morgan fingerprint density at radius 2 is 1.97 bits per heavy atom. The normalized spacial score (nSPS) is 15.5. The van der Waals surface area contributed by atoms with Crippen molar-refractivity contribution in [2.24, 2.45) is 0 Å². The highest BCUT2D eigenvalue weighted by Gasteiger charge is 2.32. The molecule has 5 nitrogen and oxygen atoms in total. The van der Waals surface area contributed by atoms with Crippen LogP contribution in [0, 0.1) is 6.92 Å². The first-order chi connectivity index (χ1) is 15.2. The Labute approximate surface area is 185 Å². The standard InChI is InChI=1S/C25H23N3O2S/c1-18-26-21(17-31-18)16-30-22-10-5-9-20(15-22)25(29)28-14-13-27-12-6-11-23(27)24(28)19-7-3-2-4-8-19/h2-12,15,17,24H,13-14,16H2,1H3. The highest BCUT2D eigenvalue weighted by molar-refractivity contribution is 7.09. The van der Waals surface area contributed by atoms with Gasteiger partial charge in [-0.05, 0) is 42.8 Å². The smallest absolute Gasteiger partial charge is 0.254 e. The first kappa shape index (κ1) is 19.6. The van der Waals surface area contributed by atoms with Crippen molar-refractivity contribution in [3.05, 3.63) is 106 Å². The van der Waals surface area contributed by atoms with Crippen molar-refractivity contribution >= 4 is 17.2 Å². The van der Waals surface area contributed by atoms with E-state index < -0.39 is 0 Å². The van der Waals surface area contributed by atoms with Gasteiger partial charge in [0.1, 0.15) is 12.4 Å². The number of thiazole rings is 1. The lowest BCUT2D eigenvalue weighted by atomic mass is 9.99. The van der Waals surface area contributed by atoms with Gasteiger partial charge in [-0.2, -0.15) is 0 Å². The van der Waals surface area contributed by atoms with Gasteiger partial charge in [0.15, 0.2) is 0 Å². The monoisotopic (exact) mass is 429 g/mol. The number of benzene rings is 2. The minimum Gasteiger partial charge on any atom is -0.487 e. The summed E-state index contributed by atoms with van der Waals surface area (Å²) in [5.41, 5.74) is 3.78. The molecule has 156 valence electrons. The third-order valence-electron chi connectivity index (χ3n) is 5.55. The van der Waals surface area contributed by atoms with Crippen LogP contribution >= 0.6 is 11.3 Å². The molecule has 0 aliphatic carbocycles. The van der Waals surface area contributed by atoms with Crippen molar-refractivity contribution in [2.75, 3.05) is 6.54 Å². The third kappa shape index (κ3) is 3.99. The Morgan fingerprint density at radius 3 is 2.77 bits per heavy atom. The fourth-order valence-electron chi connectivity index (χ4n) is 4.10. The van der Waals surface area contributed by atoms with Crippen LogP contribution in [0.2, 0.25) is 0 Å². The van der Waals surface area contributed by atoms with Gasteiger partial charge in [-0.25, -0.2) is 4.98 Å². The second-order valence-corrected chi connectivity index (χ2v) is 8.67. The molecule has 1 amide bonds. The molecule has 5 rings (SSSR count). The maximum atomic E-state index is 13.6. The molecule has 1 aliphatic heterocycles. The molecule has 0 radical (unpaired) electrons. The van der Waals surface area contributed by atoms with Crippen LogP contribution in [-0.2, 0) is 13.2 Å². The van der Waals surface area contributed by atoms with E-state index in [1.165, 1.54) is 0 Å². The molecular formula is C25H23N3O2S. The summed E-state index contributed by atoms with van der Waals surface area (Å²) in [7, 11) is 0. The summed E-state index contributed by atoms with van der Waals surface area (Å²) in [6.07, 6.45) is 2.09. The van der Waals surface area contributed by atoms with E-state index in [0.717, 1.165) is 28.5 Å². The lowest BCUT2D eigenvalue weighted by Crippen LogP contribution is -2.42. The minimum absolute atomic E-state index is 0.0104. The summed E-state index contributed by atoms with van der Waals surface area (Å²) in [6, 6.07) is 21.7. The van der Waals surface area contributed by atoms with E-state index in [1.54, 1.807) is 11.3 Å². The zero-order valence-corrected chi connectivity index (χ0v) is 18.1. The third-order valence-corrected chi connectivity index (χ3v) is 6.37. The summed E-state index contributed by atoms with van der Waals surface area (Å²) in [5, 5.41) is 3.02. The van der Waals surface area contributed by atoms with E-state index in [-0.39, 0.29) is 11.9 Å². The van der Waals surface area contributed by atoms with Crippen LogP contribution in [-0.4, -0.2) is 26.9 Å². The molecular weight excluding hydrogens is 406 g/mol. The van der Waals surface area contributed by atoms with Gasteiger partial charge < -0.3 is 14.2 Å². The highest BCUT2D eigenvalue weighted by atomic mass is 32.1. The predicted molar refractivity (Wildman–Crippen MR) is 121 cm³/mol. The summed E-state index contributed by atoms with van der Waals surface area (Å²) < 4.78 is 8.14. The lowest BCUT2D eigenvalue weighted by molar-refractivity contribution is 0.0663. The summed E-state index contributed by atoms with van der Waals surface area (Å²) >= 11 is 1.61. The molecule has 2 aromatic heterocycles. The van der Waals surface area contributed by atoms with Gasteiger partial charge in [0.2, 0.25) is 0 Å². The lowest BCUT2D eigenvalue weighted by Gasteiger charge is -2.37. The molecule has 3 heterocycles. The molecule has 31 heavy (non-hydrogen) atoms. The number of fused-ring (bicyclic) bond motifs is 1. The van der Waals surface area contributed by atoms with Gasteiger partial charge in [-0.1, -0.05) is 36.4 Å². The van der Waals surface area contributed by atoms with Gasteiger partial charge in [-0.3, -0.25) is 4.79 Å². The highest BCUT2D eigenvalue weighted by Crippen LogP contribution is 2.33. The number of carbonyl (C=O) groups excluding carboxylic acids is 1. The number of amides is 1. The van der Waals surface area contributed by atoms with Crippen LogP contribution in [0.15, 0.2) is 78.3 Å². The Balaban J connectivity index is 1.41. The number of aromatic nitrogens is 2. The molecule has 0 fully saturated rings. The van der Waals surface area contributed by atoms with E-state index in [2.05, 4.69) is 33.9 Å². The van der Waals surface area contributed by atoms with Crippen molar-refractivity contribution in [1.82, 2.24) is 14.5 Å². The molecule has 1 aliphatic rings. The molecule has 0 N–H and O–H groups in total. The van der Waals surface area contributed by atoms with Gasteiger partial charge >= 0.3 is 0 Å². The Hall–Kier alpha value is -3.38. The average molecular weight is 430 g/mol. The van der Waals surface area contributed by atoms with Crippen molar-refractivity contribution in [2.45, 2.75) is 26.1 Å². The fourth-order valence-corrected chi connectivity index (χ4v) is 4.70. The maximum Gasteiger partial charge on any atom is 0.254 e. The summed E-state index contributed by atoms with van der Waals surface area (Å²) in [4.78, 5) is 20.0. The Bertz CT molecular complexity index is 1200. The minimum atomic E-state index is -0.111. The quantitative estimate of drug-likeness (QED) is 0.445. The van der Waals surface area contributed by atoms with Crippen molar-refractivity contribution in [3.63, 3.8) is 0 Å². The van der Waals surface area contributed by atoms with E-state index in [0.29, 0.717) is 24.5 Å². The molecule has 6 heteroatoms. The van der Waals surface area contributed by atoms with E-state index in [9.17, 15) is 4.79 Å². The molecule has 0 saturated carbocycles. The molecule has 1 unspecified atom stereocenters. The molecule has 2 aromatic carbocycles. The van der Waals surface area contributed by atoms with E-state index in [1.807, 2.05) is 65.7 Å². The van der Waals surface area contributed by atoms with Crippen molar-refractivity contribution < 1.29 is 9.53 Å². The number of ether oxygens (including phenoxy) is 1. The van der Waals surface area contributed by atoms with Crippen LogP contribution in [0.25, 0.3) is 0 Å². The van der Waals surface area contributed by atoms with Gasteiger partial charge in [0, 0.05) is 35.9 Å². The van der Waals surface area contributed by atoms with Gasteiger partial charge in [0.05, 0.1) is 16.7 Å². The fraction of sp³-hybridized carbons (Fsp3) is 0.200. The van der Waals surface area contributed by atoms with Crippen molar-refractivity contribution in [3.8, 4) is 5.75 Å². The van der Waals surface area contributed by atoms with Crippen LogP contribution < -0.4 is 4.74 Å². The first-order valence-corrected chi connectivity index (χ1v) is 11.2. The second kappa shape index (κ2) is 8.40. The van der Waals surface area contributed by atoms with Crippen LogP contribution in [0.5, 0.6) is 5.75 Å². The maximum absolute atomic E-state index is 13.6. The van der Waals surface area contributed by atoms with E-state index >= 15 is 0 Å². The number of hydrogen-bond acceptors (Lipinski definition) is 4. The molecule has 0 saturated heterocycles. The average Bonchev–Trinajstić information content (AvgIpc) is 3.46. The van der Waals surface area contributed by atoms with E-state index in [4.69, 9.17) is 4.74 Å². The zero-order chi connectivity index (χ0) is 21.2. The van der Waals surface area contributed by atoms with Crippen molar-refractivity contribution in [1.29, 1.82) is 0 Å². The Morgan fingerprint density at radius 1 is 1.10 bits per heavy atom. The van der Waals surface area contributed by atoms with Crippen LogP contribution in [0.4, 0.5) is 0 Å². The molecule has 4 aromatic rings. The number of nitrogens with zero attached hydrogens (tertiary/aromatic N) is 3. The topological polar surface area (TPSA) is 47.4 Å². The Kier molecular flexibility index (Phi) is 5.30. The number of aryl methyl sites for hydroxylation is 1. The zero-order valence-electron chi connectivity index (χ0n) is 17.3. The molecule has 0 spiro atoms. The molecule has 0 bridgehead atoms. The number of rotatable bonds is 5. The van der Waals surface area contributed by atoms with Crippen LogP contribution in [0.1, 0.15) is 38.4 Å². The van der Waals surface area contributed by atoms with Gasteiger partial charge in [0.25, 0.3) is 5.91 Å². The molecule has 1 atom stereocenters. The van der Waals surface area contributed by atoms with Gasteiger partial charge in [-0.15, -0.1) is 11.3 Å². The first-order valence-electron chi connectivity index (χ1n) is 10.3. The summed E-state index contributed by atoms with van der Waals surface area (Å²) in [5.74, 6) is 0.685. The predicted octanol–water partition coefficient (Wildman–Crippen LogP) is 5.08. The largest absolute Gasteiger partial charge is 0.487 e. The van der Waals surface area contributed by atoms with Crippen LogP contribution in [0.3, 0.4) is 0 Å².